The Balaban J connectivity index is 2.08. The first-order valence-corrected chi connectivity index (χ1v) is 10.9. The summed E-state index contributed by atoms with van der Waals surface area (Å²) in [5.74, 6) is 0.0700. The van der Waals surface area contributed by atoms with Crippen molar-refractivity contribution in [3.63, 3.8) is 0 Å². The Bertz CT molecular complexity index is 1020. The number of methoxy groups -OCH3 is 1. The number of carbonyl (C=O) groups excluding carboxylic acids is 2. The molecule has 0 heterocycles. The molecular weight excluding hydrogens is 408 g/mol. The van der Waals surface area contributed by atoms with Crippen LogP contribution >= 0.6 is 0 Å². The van der Waals surface area contributed by atoms with Crippen LogP contribution in [0, 0.1) is 0 Å². The molecule has 2 aromatic carbocycles. The number of ether oxygens (including phenoxy) is 2. The highest BCUT2D eigenvalue weighted by molar-refractivity contribution is 7.89. The number of Topliss-reactive ketones (excluding diaryl/α,β-unsaturated/α-hetero) is 1. The lowest BCUT2D eigenvalue weighted by Crippen LogP contribution is -2.30. The highest BCUT2D eigenvalue weighted by Gasteiger charge is 2.22. The first-order chi connectivity index (χ1) is 14.2. The van der Waals surface area contributed by atoms with E-state index in [1.165, 1.54) is 36.5 Å². The molecule has 0 bridgehead atoms. The molecule has 0 aliphatic carbocycles. The van der Waals surface area contributed by atoms with Crippen LogP contribution in [-0.4, -0.2) is 51.2 Å². The zero-order valence-electron chi connectivity index (χ0n) is 17.5. The number of ketones is 1. The summed E-state index contributed by atoms with van der Waals surface area (Å²) in [6.45, 7) is 5.36. The van der Waals surface area contributed by atoms with E-state index in [1.54, 1.807) is 38.1 Å². The minimum atomic E-state index is -3.63. The normalized spacial score (nSPS) is 11.2. The highest BCUT2D eigenvalue weighted by atomic mass is 32.2. The van der Waals surface area contributed by atoms with E-state index in [2.05, 4.69) is 5.32 Å². The summed E-state index contributed by atoms with van der Waals surface area (Å²) in [5, 5.41) is 2.62. The van der Waals surface area contributed by atoms with Gasteiger partial charge in [-0.1, -0.05) is 19.9 Å². The van der Waals surface area contributed by atoms with Gasteiger partial charge in [0.1, 0.15) is 0 Å². The van der Waals surface area contributed by atoms with Crippen molar-refractivity contribution in [2.75, 3.05) is 32.1 Å². The van der Waals surface area contributed by atoms with E-state index >= 15 is 0 Å². The summed E-state index contributed by atoms with van der Waals surface area (Å²) in [4.78, 5) is 23.8. The Hall–Kier alpha value is -2.91. The van der Waals surface area contributed by atoms with Gasteiger partial charge in [-0.15, -0.1) is 0 Å². The SMILES string of the molecule is CCN(CC)S(=O)(=O)c1cccc(NC(=O)COc2ccc(C(C)=O)cc2OC)c1. The lowest BCUT2D eigenvalue weighted by Gasteiger charge is -2.19. The average Bonchev–Trinajstić information content (AvgIpc) is 2.72. The van der Waals surface area contributed by atoms with Crippen LogP contribution in [0.1, 0.15) is 31.1 Å². The van der Waals surface area contributed by atoms with Crippen LogP contribution in [-0.2, 0) is 14.8 Å². The molecule has 0 fully saturated rings. The van der Waals surface area contributed by atoms with E-state index in [0.717, 1.165) is 0 Å². The molecule has 1 N–H and O–H groups in total. The van der Waals surface area contributed by atoms with Crippen LogP contribution in [0.3, 0.4) is 0 Å². The molecule has 162 valence electrons. The van der Waals surface area contributed by atoms with Gasteiger partial charge in [0.15, 0.2) is 23.9 Å². The van der Waals surface area contributed by atoms with Crippen molar-refractivity contribution in [2.45, 2.75) is 25.7 Å². The minimum Gasteiger partial charge on any atom is -0.493 e. The van der Waals surface area contributed by atoms with Crippen molar-refractivity contribution in [1.29, 1.82) is 0 Å². The monoisotopic (exact) mass is 434 g/mol. The molecule has 0 saturated heterocycles. The number of nitrogens with zero attached hydrogens (tertiary/aromatic N) is 1. The van der Waals surface area contributed by atoms with Crippen molar-refractivity contribution in [3.05, 3.63) is 48.0 Å². The Morgan fingerprint density at radius 3 is 2.33 bits per heavy atom. The van der Waals surface area contributed by atoms with E-state index in [4.69, 9.17) is 9.47 Å². The van der Waals surface area contributed by atoms with Gasteiger partial charge in [-0.05, 0) is 43.3 Å². The highest BCUT2D eigenvalue weighted by Crippen LogP contribution is 2.28. The summed E-state index contributed by atoms with van der Waals surface area (Å²) in [5.41, 5.74) is 0.811. The van der Waals surface area contributed by atoms with Crippen LogP contribution < -0.4 is 14.8 Å². The quantitative estimate of drug-likeness (QED) is 0.577. The predicted octanol–water partition coefficient (Wildman–Crippen LogP) is 2.95. The summed E-state index contributed by atoms with van der Waals surface area (Å²) in [6.07, 6.45) is 0. The Kier molecular flexibility index (Phi) is 7.96. The second-order valence-electron chi connectivity index (χ2n) is 6.38. The maximum absolute atomic E-state index is 12.6. The molecule has 2 rings (SSSR count). The molecule has 0 spiro atoms. The summed E-state index contributed by atoms with van der Waals surface area (Å²) in [6, 6.07) is 10.7. The number of rotatable bonds is 10. The number of nitrogens with one attached hydrogen (secondary N) is 1. The third kappa shape index (κ3) is 5.58. The smallest absolute Gasteiger partial charge is 0.262 e. The van der Waals surface area contributed by atoms with Gasteiger partial charge in [-0.2, -0.15) is 4.31 Å². The van der Waals surface area contributed by atoms with Gasteiger partial charge in [0.25, 0.3) is 5.91 Å². The van der Waals surface area contributed by atoms with Gasteiger partial charge in [-0.25, -0.2) is 8.42 Å². The summed E-state index contributed by atoms with van der Waals surface area (Å²) in [7, 11) is -2.19. The molecule has 0 saturated carbocycles. The van der Waals surface area contributed by atoms with E-state index in [-0.39, 0.29) is 17.3 Å². The van der Waals surface area contributed by atoms with Crippen molar-refractivity contribution < 1.29 is 27.5 Å². The molecule has 9 heteroatoms. The van der Waals surface area contributed by atoms with Gasteiger partial charge in [-0.3, -0.25) is 9.59 Å². The van der Waals surface area contributed by atoms with E-state index in [1.807, 2.05) is 0 Å². The van der Waals surface area contributed by atoms with E-state index < -0.39 is 15.9 Å². The molecule has 0 aromatic heterocycles. The maximum Gasteiger partial charge on any atom is 0.262 e. The third-order valence-corrected chi connectivity index (χ3v) is 6.44. The fourth-order valence-electron chi connectivity index (χ4n) is 2.79. The maximum atomic E-state index is 12.6. The van der Waals surface area contributed by atoms with Crippen molar-refractivity contribution in [3.8, 4) is 11.5 Å². The lowest BCUT2D eigenvalue weighted by atomic mass is 10.1. The van der Waals surface area contributed by atoms with Gasteiger partial charge >= 0.3 is 0 Å². The number of hydrogen-bond acceptors (Lipinski definition) is 6. The zero-order valence-corrected chi connectivity index (χ0v) is 18.3. The zero-order chi connectivity index (χ0) is 22.3. The van der Waals surface area contributed by atoms with Crippen molar-refractivity contribution in [1.82, 2.24) is 4.31 Å². The largest absolute Gasteiger partial charge is 0.493 e. The number of sulfonamides is 1. The van der Waals surface area contributed by atoms with Crippen LogP contribution in [0.2, 0.25) is 0 Å². The molecule has 1 amide bonds. The first kappa shape index (κ1) is 23.4. The third-order valence-electron chi connectivity index (χ3n) is 4.39. The van der Waals surface area contributed by atoms with Gasteiger partial charge in [0.05, 0.1) is 12.0 Å². The Labute approximate surface area is 176 Å². The van der Waals surface area contributed by atoms with Crippen LogP contribution in [0.5, 0.6) is 11.5 Å². The van der Waals surface area contributed by atoms with Crippen LogP contribution in [0.4, 0.5) is 5.69 Å². The fraction of sp³-hybridized carbons (Fsp3) is 0.333. The molecule has 0 radical (unpaired) electrons. The number of amides is 1. The number of hydrogen-bond donors (Lipinski definition) is 1. The van der Waals surface area contributed by atoms with Crippen LogP contribution in [0.25, 0.3) is 0 Å². The molecule has 8 nitrogen and oxygen atoms in total. The lowest BCUT2D eigenvalue weighted by molar-refractivity contribution is -0.118. The fourth-order valence-corrected chi connectivity index (χ4v) is 4.30. The number of benzene rings is 2. The van der Waals surface area contributed by atoms with Crippen molar-refractivity contribution in [2.24, 2.45) is 0 Å². The van der Waals surface area contributed by atoms with Crippen LogP contribution in [0.15, 0.2) is 47.4 Å². The number of anilines is 1. The topological polar surface area (TPSA) is 102 Å². The summed E-state index contributed by atoms with van der Waals surface area (Å²) < 4.78 is 37.3. The van der Waals surface area contributed by atoms with E-state index in [0.29, 0.717) is 35.8 Å². The Morgan fingerprint density at radius 1 is 1.03 bits per heavy atom. The molecule has 30 heavy (non-hydrogen) atoms. The molecule has 2 aromatic rings. The molecular formula is C21H26N2O6S. The molecule has 0 unspecified atom stereocenters. The van der Waals surface area contributed by atoms with Gasteiger partial charge in [0.2, 0.25) is 10.0 Å². The predicted molar refractivity (Wildman–Crippen MR) is 114 cm³/mol. The second-order valence-corrected chi connectivity index (χ2v) is 8.31. The average molecular weight is 435 g/mol. The molecule has 0 aliphatic heterocycles. The number of carbonyl (C=O) groups is 2. The van der Waals surface area contributed by atoms with Gasteiger partial charge < -0.3 is 14.8 Å². The standard InChI is InChI=1S/C21H26N2O6S/c1-5-23(6-2)30(26,27)18-9-7-8-17(13-18)22-21(25)14-29-19-11-10-16(15(3)24)12-20(19)28-4/h7-13H,5-6,14H2,1-4H3,(H,22,25). The van der Waals surface area contributed by atoms with Gasteiger partial charge in [0, 0.05) is 24.3 Å². The second kappa shape index (κ2) is 10.2. The van der Waals surface area contributed by atoms with E-state index in [9.17, 15) is 18.0 Å². The molecule has 0 aliphatic rings. The Morgan fingerprint density at radius 2 is 1.73 bits per heavy atom. The first-order valence-electron chi connectivity index (χ1n) is 9.44. The van der Waals surface area contributed by atoms with Crippen molar-refractivity contribution >= 4 is 27.4 Å². The molecule has 0 atom stereocenters. The minimum absolute atomic E-state index is 0.103. The summed E-state index contributed by atoms with van der Waals surface area (Å²) >= 11 is 0.